The van der Waals surface area contributed by atoms with Gasteiger partial charge in [0.25, 0.3) is 0 Å². The fraction of sp³-hybridized carbons (Fsp3) is 0.222. The van der Waals surface area contributed by atoms with Crippen molar-refractivity contribution in [3.63, 3.8) is 0 Å². The molecule has 0 unspecified atom stereocenters. The van der Waals surface area contributed by atoms with Crippen LogP contribution >= 0.6 is 11.8 Å². The number of aryl methyl sites for hydroxylation is 1. The predicted octanol–water partition coefficient (Wildman–Crippen LogP) is 3.16. The van der Waals surface area contributed by atoms with E-state index in [1.807, 2.05) is 28.8 Å². The number of methoxy groups -OCH3 is 1. The molecule has 1 aromatic carbocycles. The van der Waals surface area contributed by atoms with Crippen molar-refractivity contribution in [3.05, 3.63) is 54.4 Å². The van der Waals surface area contributed by atoms with Gasteiger partial charge >= 0.3 is 5.97 Å². The van der Waals surface area contributed by atoms with E-state index in [0.29, 0.717) is 11.0 Å². The lowest BCUT2D eigenvalue weighted by atomic mass is 10.1. The molecule has 7 heteroatoms. The Morgan fingerprint density at radius 1 is 1.12 bits per heavy atom. The quantitative estimate of drug-likeness (QED) is 0.500. The minimum absolute atomic E-state index is 0.179. The van der Waals surface area contributed by atoms with Crippen LogP contribution in [-0.2, 0) is 16.0 Å². The van der Waals surface area contributed by atoms with Crippen LogP contribution < -0.4 is 0 Å². The van der Waals surface area contributed by atoms with Gasteiger partial charge in [0.1, 0.15) is 0 Å². The third-order valence-electron chi connectivity index (χ3n) is 3.72. The summed E-state index contributed by atoms with van der Waals surface area (Å²) in [5.41, 5.74) is 3.11. The van der Waals surface area contributed by atoms with E-state index in [-0.39, 0.29) is 11.7 Å². The maximum atomic E-state index is 11.5. The molecule has 0 spiro atoms. The van der Waals surface area contributed by atoms with Gasteiger partial charge in [-0.15, -0.1) is 10.2 Å². The smallest absolute Gasteiger partial charge is 0.316 e. The highest BCUT2D eigenvalue weighted by atomic mass is 32.2. The van der Waals surface area contributed by atoms with Crippen molar-refractivity contribution in [1.82, 2.24) is 19.7 Å². The van der Waals surface area contributed by atoms with Crippen LogP contribution in [0.3, 0.4) is 0 Å². The van der Waals surface area contributed by atoms with E-state index in [9.17, 15) is 4.79 Å². The van der Waals surface area contributed by atoms with Gasteiger partial charge in [-0.05, 0) is 36.2 Å². The van der Waals surface area contributed by atoms with E-state index in [0.717, 1.165) is 17.7 Å². The summed E-state index contributed by atoms with van der Waals surface area (Å²) in [7, 11) is 1.37. The monoisotopic (exact) mass is 354 g/mol. The molecule has 0 aliphatic heterocycles. The first kappa shape index (κ1) is 17.2. The van der Waals surface area contributed by atoms with Crippen LogP contribution in [0.1, 0.15) is 12.5 Å². The first-order valence-electron chi connectivity index (χ1n) is 7.87. The van der Waals surface area contributed by atoms with E-state index in [1.54, 1.807) is 12.4 Å². The van der Waals surface area contributed by atoms with Crippen molar-refractivity contribution in [1.29, 1.82) is 0 Å². The Kier molecular flexibility index (Phi) is 5.45. The SMILES string of the molecule is CCc1ccc(-n2c(SCC(=O)OC)nnc2-c2ccncc2)cc1. The zero-order valence-corrected chi connectivity index (χ0v) is 14.9. The third-order valence-corrected chi connectivity index (χ3v) is 4.62. The van der Waals surface area contributed by atoms with Crippen LogP contribution in [-0.4, -0.2) is 38.6 Å². The molecule has 0 saturated heterocycles. The molecule has 0 radical (unpaired) electrons. The average molecular weight is 354 g/mol. The van der Waals surface area contributed by atoms with E-state index < -0.39 is 0 Å². The van der Waals surface area contributed by atoms with Crippen molar-refractivity contribution in [2.24, 2.45) is 0 Å². The summed E-state index contributed by atoms with van der Waals surface area (Å²) in [5, 5.41) is 9.23. The second kappa shape index (κ2) is 7.94. The highest BCUT2D eigenvalue weighted by molar-refractivity contribution is 7.99. The number of carbonyl (C=O) groups excluding carboxylic acids is 1. The number of nitrogens with zero attached hydrogens (tertiary/aromatic N) is 4. The Hall–Kier alpha value is -2.67. The average Bonchev–Trinajstić information content (AvgIpc) is 3.10. The van der Waals surface area contributed by atoms with Gasteiger partial charge in [0.15, 0.2) is 11.0 Å². The topological polar surface area (TPSA) is 69.9 Å². The summed E-state index contributed by atoms with van der Waals surface area (Å²) >= 11 is 1.30. The number of rotatable bonds is 6. The van der Waals surface area contributed by atoms with Gasteiger partial charge in [0.2, 0.25) is 0 Å². The summed E-state index contributed by atoms with van der Waals surface area (Å²) in [4.78, 5) is 15.5. The highest BCUT2D eigenvalue weighted by Gasteiger charge is 2.17. The Bertz CT molecular complexity index is 847. The molecule has 6 nitrogen and oxygen atoms in total. The maximum Gasteiger partial charge on any atom is 0.316 e. The van der Waals surface area contributed by atoms with Crippen molar-refractivity contribution in [3.8, 4) is 17.1 Å². The molecule has 0 bridgehead atoms. The molecule has 0 amide bonds. The molecule has 0 atom stereocenters. The minimum Gasteiger partial charge on any atom is -0.468 e. The third kappa shape index (κ3) is 3.88. The van der Waals surface area contributed by atoms with Crippen LogP contribution in [0.25, 0.3) is 17.1 Å². The molecular formula is C18H18N4O2S. The number of hydrogen-bond acceptors (Lipinski definition) is 6. The second-order valence-electron chi connectivity index (χ2n) is 5.26. The highest BCUT2D eigenvalue weighted by Crippen LogP contribution is 2.28. The number of carbonyl (C=O) groups is 1. The Balaban J connectivity index is 2.04. The first-order chi connectivity index (χ1) is 12.2. The summed E-state index contributed by atoms with van der Waals surface area (Å²) in [6, 6.07) is 12.0. The fourth-order valence-electron chi connectivity index (χ4n) is 2.35. The van der Waals surface area contributed by atoms with Gasteiger partial charge in [-0.1, -0.05) is 30.8 Å². The van der Waals surface area contributed by atoms with E-state index in [2.05, 4.69) is 34.2 Å². The number of thioether (sulfide) groups is 1. The lowest BCUT2D eigenvalue weighted by molar-refractivity contribution is -0.137. The number of hydrogen-bond donors (Lipinski definition) is 0. The zero-order valence-electron chi connectivity index (χ0n) is 14.0. The largest absolute Gasteiger partial charge is 0.468 e. The number of pyridine rings is 1. The van der Waals surface area contributed by atoms with Gasteiger partial charge in [-0.25, -0.2) is 0 Å². The van der Waals surface area contributed by atoms with Gasteiger partial charge in [0, 0.05) is 23.6 Å². The number of aromatic nitrogens is 4. The summed E-state index contributed by atoms with van der Waals surface area (Å²) < 4.78 is 6.66. The van der Waals surface area contributed by atoms with E-state index >= 15 is 0 Å². The minimum atomic E-state index is -0.300. The zero-order chi connectivity index (χ0) is 17.6. The van der Waals surface area contributed by atoms with Crippen LogP contribution in [0.15, 0.2) is 53.9 Å². The molecule has 2 heterocycles. The summed E-state index contributed by atoms with van der Waals surface area (Å²) in [6.45, 7) is 2.12. The second-order valence-corrected chi connectivity index (χ2v) is 6.20. The standard InChI is InChI=1S/C18H18N4O2S/c1-3-13-4-6-15(7-5-13)22-17(14-8-10-19-11-9-14)20-21-18(22)25-12-16(23)24-2/h4-11H,3,12H2,1-2H3. The van der Waals surface area contributed by atoms with Crippen LogP contribution in [0, 0.1) is 0 Å². The Morgan fingerprint density at radius 3 is 2.48 bits per heavy atom. The molecule has 0 saturated carbocycles. The molecule has 128 valence electrons. The molecule has 25 heavy (non-hydrogen) atoms. The van der Waals surface area contributed by atoms with Gasteiger partial charge in [-0.3, -0.25) is 14.3 Å². The lowest BCUT2D eigenvalue weighted by Crippen LogP contribution is -2.05. The lowest BCUT2D eigenvalue weighted by Gasteiger charge is -2.10. The fourth-order valence-corrected chi connectivity index (χ4v) is 3.13. The summed E-state index contributed by atoms with van der Waals surface area (Å²) in [6.07, 6.45) is 4.41. The van der Waals surface area contributed by atoms with Crippen molar-refractivity contribution in [2.45, 2.75) is 18.5 Å². The van der Waals surface area contributed by atoms with Crippen LogP contribution in [0.2, 0.25) is 0 Å². The first-order valence-corrected chi connectivity index (χ1v) is 8.86. The van der Waals surface area contributed by atoms with Gasteiger partial charge in [-0.2, -0.15) is 0 Å². The normalized spacial score (nSPS) is 10.6. The maximum absolute atomic E-state index is 11.5. The van der Waals surface area contributed by atoms with Crippen LogP contribution in [0.5, 0.6) is 0 Å². The molecule has 3 aromatic rings. The molecule has 0 fully saturated rings. The van der Waals surface area contributed by atoms with Gasteiger partial charge < -0.3 is 4.74 Å². The number of ether oxygens (including phenoxy) is 1. The molecule has 3 rings (SSSR count). The summed E-state index contributed by atoms with van der Waals surface area (Å²) in [5.74, 6) is 0.586. The van der Waals surface area contributed by atoms with Gasteiger partial charge in [0.05, 0.1) is 12.9 Å². The Morgan fingerprint density at radius 2 is 1.84 bits per heavy atom. The number of benzene rings is 1. The van der Waals surface area contributed by atoms with E-state index in [4.69, 9.17) is 4.74 Å². The van der Waals surface area contributed by atoms with Crippen molar-refractivity contribution < 1.29 is 9.53 Å². The van der Waals surface area contributed by atoms with E-state index in [1.165, 1.54) is 24.4 Å². The molecule has 2 aromatic heterocycles. The Labute approximate surface area is 150 Å². The molecule has 0 N–H and O–H groups in total. The number of esters is 1. The van der Waals surface area contributed by atoms with Crippen molar-refractivity contribution >= 4 is 17.7 Å². The van der Waals surface area contributed by atoms with Crippen LogP contribution in [0.4, 0.5) is 0 Å². The molecule has 0 aliphatic rings. The molecule has 0 aliphatic carbocycles. The predicted molar refractivity (Wildman–Crippen MR) is 96.7 cm³/mol. The van der Waals surface area contributed by atoms with Crippen molar-refractivity contribution in [2.75, 3.05) is 12.9 Å². The molecular weight excluding hydrogens is 336 g/mol.